The zero-order chi connectivity index (χ0) is 7.66. The number of allylic oxidation sites excluding steroid dienone is 3. The zero-order valence-corrected chi connectivity index (χ0v) is 6.54. The van der Waals surface area contributed by atoms with E-state index in [2.05, 4.69) is 23.3 Å². The number of hydrogen-bond donors (Lipinski definition) is 1. The quantitative estimate of drug-likeness (QED) is 0.357. The third-order valence-electron chi connectivity index (χ3n) is 0.879. The third-order valence-corrected chi connectivity index (χ3v) is 0.879. The van der Waals surface area contributed by atoms with Gasteiger partial charge in [0.2, 0.25) is 0 Å². The van der Waals surface area contributed by atoms with E-state index in [9.17, 15) is 0 Å². The first-order valence-corrected chi connectivity index (χ1v) is 3.40. The van der Waals surface area contributed by atoms with Crippen LogP contribution in [0.5, 0.6) is 0 Å². The summed E-state index contributed by atoms with van der Waals surface area (Å²) in [5, 5.41) is 2.87. The number of rotatable bonds is 4. The van der Waals surface area contributed by atoms with Gasteiger partial charge in [0, 0.05) is 13.2 Å². The van der Waals surface area contributed by atoms with Crippen molar-refractivity contribution in [3.05, 3.63) is 24.4 Å². The van der Waals surface area contributed by atoms with E-state index >= 15 is 0 Å². The largest absolute Gasteiger partial charge is 0.353 e. The normalized spacial score (nSPS) is 12.2. The SMILES string of the molecule is CC/C=C/C=C/NC=NC. The van der Waals surface area contributed by atoms with Gasteiger partial charge in [-0.25, -0.2) is 0 Å². The predicted octanol–water partition coefficient (Wildman–Crippen LogP) is 1.71. The molecule has 0 aromatic heterocycles. The predicted molar refractivity (Wildman–Crippen MR) is 46.1 cm³/mol. The van der Waals surface area contributed by atoms with Crippen molar-refractivity contribution in [2.45, 2.75) is 13.3 Å². The summed E-state index contributed by atoms with van der Waals surface area (Å²) in [5.41, 5.74) is 0. The summed E-state index contributed by atoms with van der Waals surface area (Å²) in [6, 6.07) is 0. The first-order valence-electron chi connectivity index (χ1n) is 3.40. The van der Waals surface area contributed by atoms with Gasteiger partial charge in [0.05, 0.1) is 6.34 Å². The summed E-state index contributed by atoms with van der Waals surface area (Å²) >= 11 is 0. The first kappa shape index (κ1) is 8.95. The summed E-state index contributed by atoms with van der Waals surface area (Å²) in [5.74, 6) is 0. The molecule has 0 fully saturated rings. The van der Waals surface area contributed by atoms with E-state index in [0.717, 1.165) is 6.42 Å². The van der Waals surface area contributed by atoms with Gasteiger partial charge in [0.15, 0.2) is 0 Å². The molecule has 0 aliphatic carbocycles. The van der Waals surface area contributed by atoms with Crippen LogP contribution in [0.2, 0.25) is 0 Å². The molecule has 2 nitrogen and oxygen atoms in total. The second kappa shape index (κ2) is 7.95. The van der Waals surface area contributed by atoms with E-state index in [1.807, 2.05) is 18.4 Å². The van der Waals surface area contributed by atoms with Crippen molar-refractivity contribution in [3.8, 4) is 0 Å². The lowest BCUT2D eigenvalue weighted by atomic mass is 10.4. The Kier molecular flexibility index (Phi) is 7.12. The van der Waals surface area contributed by atoms with E-state index in [0.29, 0.717) is 0 Å². The number of nitrogens with zero attached hydrogens (tertiary/aromatic N) is 1. The standard InChI is InChI=1S/C8H14N2/c1-3-4-5-6-7-10-8-9-2/h4-8H,3H2,1-2H3,(H,9,10)/b5-4+,7-6+. The zero-order valence-electron chi connectivity index (χ0n) is 6.54. The Morgan fingerprint density at radius 1 is 1.40 bits per heavy atom. The summed E-state index contributed by atoms with van der Waals surface area (Å²) in [6.45, 7) is 2.10. The lowest BCUT2D eigenvalue weighted by Crippen LogP contribution is -1.98. The van der Waals surface area contributed by atoms with Gasteiger partial charge in [-0.2, -0.15) is 0 Å². The van der Waals surface area contributed by atoms with Gasteiger partial charge in [-0.3, -0.25) is 4.99 Å². The Morgan fingerprint density at radius 2 is 2.20 bits per heavy atom. The molecular weight excluding hydrogens is 124 g/mol. The van der Waals surface area contributed by atoms with Crippen LogP contribution < -0.4 is 5.32 Å². The Morgan fingerprint density at radius 3 is 2.80 bits per heavy atom. The van der Waals surface area contributed by atoms with Crippen molar-refractivity contribution in [1.82, 2.24) is 5.32 Å². The first-order chi connectivity index (χ1) is 4.91. The molecule has 0 saturated heterocycles. The number of nitrogens with one attached hydrogen (secondary N) is 1. The highest BCUT2D eigenvalue weighted by Gasteiger charge is 1.63. The van der Waals surface area contributed by atoms with Crippen LogP contribution in [0.25, 0.3) is 0 Å². The molecule has 2 heteroatoms. The molecule has 0 radical (unpaired) electrons. The molecule has 0 aliphatic heterocycles. The molecule has 0 aliphatic rings. The van der Waals surface area contributed by atoms with Crippen molar-refractivity contribution >= 4 is 6.34 Å². The van der Waals surface area contributed by atoms with Crippen molar-refractivity contribution in [2.75, 3.05) is 7.05 Å². The molecule has 0 amide bonds. The van der Waals surface area contributed by atoms with E-state index in [-0.39, 0.29) is 0 Å². The Hall–Kier alpha value is -1.05. The molecule has 0 rings (SSSR count). The lowest BCUT2D eigenvalue weighted by Gasteiger charge is -1.82. The molecule has 0 spiro atoms. The fraction of sp³-hybridized carbons (Fsp3) is 0.375. The van der Waals surface area contributed by atoms with Crippen LogP contribution in [0.3, 0.4) is 0 Å². The fourth-order valence-corrected chi connectivity index (χ4v) is 0.443. The van der Waals surface area contributed by atoms with Gasteiger partial charge in [-0.15, -0.1) is 0 Å². The molecule has 0 aromatic rings. The molecule has 0 aromatic carbocycles. The van der Waals surface area contributed by atoms with E-state index in [1.165, 1.54) is 0 Å². The molecule has 0 unspecified atom stereocenters. The monoisotopic (exact) mass is 138 g/mol. The summed E-state index contributed by atoms with van der Waals surface area (Å²) in [6.07, 6.45) is 10.6. The molecule has 0 atom stereocenters. The highest BCUT2D eigenvalue weighted by atomic mass is 14.9. The Bertz CT molecular complexity index is 134. The minimum absolute atomic E-state index is 1.08. The average molecular weight is 138 g/mol. The minimum atomic E-state index is 1.08. The highest BCUT2D eigenvalue weighted by molar-refractivity contribution is 5.55. The number of hydrogen-bond acceptors (Lipinski definition) is 1. The van der Waals surface area contributed by atoms with Crippen LogP contribution in [-0.2, 0) is 0 Å². The second-order valence-corrected chi connectivity index (χ2v) is 1.75. The van der Waals surface area contributed by atoms with Crippen molar-refractivity contribution in [2.24, 2.45) is 4.99 Å². The summed E-state index contributed by atoms with van der Waals surface area (Å²) < 4.78 is 0. The highest BCUT2D eigenvalue weighted by Crippen LogP contribution is 1.78. The van der Waals surface area contributed by atoms with Gasteiger partial charge < -0.3 is 5.32 Å². The summed E-state index contributed by atoms with van der Waals surface area (Å²) in [4.78, 5) is 3.74. The van der Waals surface area contributed by atoms with Gasteiger partial charge >= 0.3 is 0 Å². The Labute approximate surface area is 62.4 Å². The smallest absolute Gasteiger partial charge is 0.0859 e. The van der Waals surface area contributed by atoms with Gasteiger partial charge in [-0.05, 0) is 12.5 Å². The minimum Gasteiger partial charge on any atom is -0.353 e. The topological polar surface area (TPSA) is 24.4 Å². The van der Waals surface area contributed by atoms with Crippen molar-refractivity contribution in [3.63, 3.8) is 0 Å². The van der Waals surface area contributed by atoms with Crippen LogP contribution in [0.1, 0.15) is 13.3 Å². The summed E-state index contributed by atoms with van der Waals surface area (Å²) in [7, 11) is 1.72. The molecule has 10 heavy (non-hydrogen) atoms. The molecule has 0 saturated carbocycles. The van der Waals surface area contributed by atoms with E-state index in [1.54, 1.807) is 13.4 Å². The average Bonchev–Trinajstić information content (AvgIpc) is 1.97. The van der Waals surface area contributed by atoms with Gasteiger partial charge in [-0.1, -0.05) is 19.1 Å². The molecule has 56 valence electrons. The third kappa shape index (κ3) is 6.95. The van der Waals surface area contributed by atoms with Crippen molar-refractivity contribution < 1.29 is 0 Å². The van der Waals surface area contributed by atoms with Gasteiger partial charge in [0.1, 0.15) is 0 Å². The maximum absolute atomic E-state index is 3.74. The van der Waals surface area contributed by atoms with Crippen LogP contribution in [-0.4, -0.2) is 13.4 Å². The maximum atomic E-state index is 3.74. The molecular formula is C8H14N2. The fourth-order valence-electron chi connectivity index (χ4n) is 0.443. The number of aliphatic imine (C=N–C) groups is 1. The van der Waals surface area contributed by atoms with Crippen LogP contribution >= 0.6 is 0 Å². The van der Waals surface area contributed by atoms with Crippen LogP contribution in [0.15, 0.2) is 29.4 Å². The van der Waals surface area contributed by atoms with Crippen molar-refractivity contribution in [1.29, 1.82) is 0 Å². The van der Waals surface area contributed by atoms with Crippen LogP contribution in [0, 0.1) is 0 Å². The molecule has 1 N–H and O–H groups in total. The van der Waals surface area contributed by atoms with Gasteiger partial charge in [0.25, 0.3) is 0 Å². The van der Waals surface area contributed by atoms with E-state index < -0.39 is 0 Å². The Balaban J connectivity index is 3.28. The maximum Gasteiger partial charge on any atom is 0.0859 e. The van der Waals surface area contributed by atoms with Crippen LogP contribution in [0.4, 0.5) is 0 Å². The molecule has 0 heterocycles. The second-order valence-electron chi connectivity index (χ2n) is 1.75. The van der Waals surface area contributed by atoms with E-state index in [4.69, 9.17) is 0 Å². The molecule has 0 bridgehead atoms. The lowest BCUT2D eigenvalue weighted by molar-refractivity contribution is 1.22.